The SMILES string of the molecule is CC(Oc1cccc(C2(c3ccsc3)CC(=O)C(Sc3ccccc3Cl)C(=O)N2)n1)c1cccc(F)c1. The molecule has 0 radical (unpaired) electrons. The average molecular weight is 553 g/mol. The van der Waals surface area contributed by atoms with Crippen LogP contribution in [0, 0.1) is 5.82 Å². The molecule has 3 atom stereocenters. The number of rotatable bonds is 7. The van der Waals surface area contributed by atoms with Gasteiger partial charge < -0.3 is 10.1 Å². The zero-order valence-electron chi connectivity index (χ0n) is 19.7. The number of thiophene rings is 1. The lowest BCUT2D eigenvalue weighted by Crippen LogP contribution is -2.58. The van der Waals surface area contributed by atoms with E-state index in [1.165, 1.54) is 23.5 Å². The molecule has 3 unspecified atom stereocenters. The number of hydrogen-bond acceptors (Lipinski definition) is 6. The number of hydrogen-bond donors (Lipinski definition) is 1. The predicted octanol–water partition coefficient (Wildman–Crippen LogP) is 6.57. The third kappa shape index (κ3) is 5.28. The molecule has 3 heterocycles. The second-order valence-electron chi connectivity index (χ2n) is 8.65. The molecular weight excluding hydrogens is 531 g/mol. The van der Waals surface area contributed by atoms with Crippen LogP contribution in [-0.2, 0) is 15.1 Å². The quantitative estimate of drug-likeness (QED) is 0.263. The molecule has 1 aliphatic heterocycles. The van der Waals surface area contributed by atoms with Crippen LogP contribution < -0.4 is 10.1 Å². The van der Waals surface area contributed by atoms with Crippen molar-refractivity contribution < 1.29 is 18.7 Å². The maximum absolute atomic E-state index is 13.7. The van der Waals surface area contributed by atoms with E-state index in [-0.39, 0.29) is 18.0 Å². The molecule has 188 valence electrons. The number of ether oxygens (including phenoxy) is 1. The van der Waals surface area contributed by atoms with Gasteiger partial charge in [-0.25, -0.2) is 9.37 Å². The highest BCUT2D eigenvalue weighted by Gasteiger charge is 2.48. The number of aromatic nitrogens is 1. The first-order valence-corrected chi connectivity index (χ1v) is 13.7. The number of pyridine rings is 1. The van der Waals surface area contributed by atoms with Crippen LogP contribution in [0.3, 0.4) is 0 Å². The minimum Gasteiger partial charge on any atom is -0.470 e. The normalized spacial score (nSPS) is 20.4. The second-order valence-corrected chi connectivity index (χ2v) is 11.0. The Hall–Kier alpha value is -3.20. The maximum Gasteiger partial charge on any atom is 0.242 e. The summed E-state index contributed by atoms with van der Waals surface area (Å²) in [4.78, 5) is 32.2. The van der Waals surface area contributed by atoms with Gasteiger partial charge in [0.15, 0.2) is 5.78 Å². The van der Waals surface area contributed by atoms with Crippen LogP contribution in [0.5, 0.6) is 5.88 Å². The van der Waals surface area contributed by atoms with Gasteiger partial charge in [0.05, 0.1) is 10.7 Å². The summed E-state index contributed by atoms with van der Waals surface area (Å²) in [5.74, 6) is -0.674. The third-order valence-corrected chi connectivity index (χ3v) is 8.63. The van der Waals surface area contributed by atoms with Crippen molar-refractivity contribution in [1.82, 2.24) is 10.3 Å². The van der Waals surface area contributed by atoms with Crippen molar-refractivity contribution in [2.24, 2.45) is 0 Å². The highest BCUT2D eigenvalue weighted by atomic mass is 35.5. The molecule has 1 fully saturated rings. The van der Waals surface area contributed by atoms with E-state index in [0.717, 1.165) is 17.3 Å². The number of Topliss-reactive ketones (excluding diaryl/α,β-unsaturated/α-hetero) is 1. The number of benzene rings is 2. The molecule has 4 aromatic rings. The summed E-state index contributed by atoms with van der Waals surface area (Å²) in [7, 11) is 0. The molecule has 0 saturated carbocycles. The van der Waals surface area contributed by atoms with Crippen LogP contribution in [0.1, 0.15) is 36.3 Å². The number of carbonyl (C=O) groups excluding carboxylic acids is 2. The Balaban J connectivity index is 1.45. The number of amides is 1. The summed E-state index contributed by atoms with van der Waals surface area (Å²) in [5, 5.41) is 6.46. The van der Waals surface area contributed by atoms with Crippen LogP contribution in [-0.4, -0.2) is 21.9 Å². The molecule has 1 N–H and O–H groups in total. The Bertz CT molecular complexity index is 1430. The number of halogens is 2. The second kappa shape index (κ2) is 10.7. The van der Waals surface area contributed by atoms with Crippen molar-refractivity contribution in [2.75, 3.05) is 0 Å². The van der Waals surface area contributed by atoms with E-state index >= 15 is 0 Å². The van der Waals surface area contributed by atoms with Gasteiger partial charge in [-0.2, -0.15) is 11.3 Å². The first-order chi connectivity index (χ1) is 17.9. The third-order valence-electron chi connectivity index (χ3n) is 6.18. The van der Waals surface area contributed by atoms with Crippen molar-refractivity contribution in [3.8, 4) is 5.88 Å². The fourth-order valence-corrected chi connectivity index (χ4v) is 6.29. The summed E-state index contributed by atoms with van der Waals surface area (Å²) in [6, 6.07) is 20.4. The molecule has 0 aliphatic carbocycles. The van der Waals surface area contributed by atoms with E-state index in [9.17, 15) is 14.0 Å². The maximum atomic E-state index is 13.7. The van der Waals surface area contributed by atoms with Crippen molar-refractivity contribution in [2.45, 2.75) is 35.1 Å². The van der Waals surface area contributed by atoms with E-state index in [2.05, 4.69) is 5.32 Å². The van der Waals surface area contributed by atoms with E-state index < -0.39 is 22.8 Å². The summed E-state index contributed by atoms with van der Waals surface area (Å²) >= 11 is 8.89. The van der Waals surface area contributed by atoms with Gasteiger partial charge in [-0.3, -0.25) is 9.59 Å². The lowest BCUT2D eigenvalue weighted by atomic mass is 9.79. The van der Waals surface area contributed by atoms with Gasteiger partial charge in [-0.1, -0.05) is 41.9 Å². The first-order valence-electron chi connectivity index (χ1n) is 11.5. The zero-order valence-corrected chi connectivity index (χ0v) is 22.1. The van der Waals surface area contributed by atoms with Crippen LogP contribution in [0.4, 0.5) is 4.39 Å². The standard InChI is InChI=1S/C28H22ClFN2O3S2/c1-17(18-6-4-7-20(30)14-18)35-25-11-5-10-24(31-25)28(19-12-13-36-16-19)15-22(33)26(27(34)32-28)37-23-9-3-2-8-21(23)29/h2-14,16-17,26H,15H2,1H3,(H,32,34). The highest BCUT2D eigenvalue weighted by molar-refractivity contribution is 8.01. The molecule has 1 aliphatic rings. The van der Waals surface area contributed by atoms with Gasteiger partial charge >= 0.3 is 0 Å². The average Bonchev–Trinajstić information content (AvgIpc) is 3.43. The fraction of sp³-hybridized carbons (Fsp3) is 0.179. The van der Waals surface area contributed by atoms with Crippen LogP contribution in [0.2, 0.25) is 5.02 Å². The molecule has 2 aromatic heterocycles. The van der Waals surface area contributed by atoms with Crippen molar-refractivity contribution in [3.05, 3.63) is 111 Å². The Morgan fingerprint density at radius 3 is 2.68 bits per heavy atom. The molecule has 0 spiro atoms. The van der Waals surface area contributed by atoms with Gasteiger partial charge in [0, 0.05) is 17.4 Å². The summed E-state index contributed by atoms with van der Waals surface area (Å²) in [6.07, 6.45) is -0.442. The molecule has 1 amide bonds. The minimum atomic E-state index is -1.15. The van der Waals surface area contributed by atoms with Crippen LogP contribution in [0.25, 0.3) is 0 Å². The zero-order chi connectivity index (χ0) is 26.0. The molecule has 2 aromatic carbocycles. The minimum absolute atomic E-state index is 0.0213. The van der Waals surface area contributed by atoms with Crippen molar-refractivity contribution in [3.63, 3.8) is 0 Å². The summed E-state index contributed by atoms with van der Waals surface area (Å²) in [5.41, 5.74) is 0.772. The Morgan fingerprint density at radius 2 is 1.95 bits per heavy atom. The molecule has 5 rings (SSSR count). The van der Waals surface area contributed by atoms with Gasteiger partial charge in [0.1, 0.15) is 22.7 Å². The largest absolute Gasteiger partial charge is 0.470 e. The lowest BCUT2D eigenvalue weighted by molar-refractivity contribution is -0.133. The molecular formula is C28H22ClFN2O3S2. The van der Waals surface area contributed by atoms with Crippen molar-refractivity contribution >= 4 is 46.4 Å². The monoisotopic (exact) mass is 552 g/mol. The highest BCUT2D eigenvalue weighted by Crippen LogP contribution is 2.41. The van der Waals surface area contributed by atoms with Gasteiger partial charge in [-0.05, 0) is 65.2 Å². The lowest BCUT2D eigenvalue weighted by Gasteiger charge is -2.39. The summed E-state index contributed by atoms with van der Waals surface area (Å²) < 4.78 is 19.7. The van der Waals surface area contributed by atoms with Crippen LogP contribution >= 0.6 is 34.7 Å². The van der Waals surface area contributed by atoms with Gasteiger partial charge in [-0.15, -0.1) is 11.8 Å². The Morgan fingerprint density at radius 1 is 1.14 bits per heavy atom. The molecule has 0 bridgehead atoms. The number of nitrogens with one attached hydrogen (secondary N) is 1. The molecule has 37 heavy (non-hydrogen) atoms. The number of carbonyl (C=O) groups is 2. The number of piperidine rings is 1. The van der Waals surface area contributed by atoms with Crippen LogP contribution in [0.15, 0.2) is 88.5 Å². The Labute approximate surface area is 227 Å². The smallest absolute Gasteiger partial charge is 0.242 e. The Kier molecular flexibility index (Phi) is 7.33. The number of ketones is 1. The van der Waals surface area contributed by atoms with E-state index in [1.54, 1.807) is 55.5 Å². The molecule has 1 saturated heterocycles. The first kappa shape index (κ1) is 25.4. The summed E-state index contributed by atoms with van der Waals surface area (Å²) in [6.45, 7) is 1.81. The number of nitrogens with zero attached hydrogens (tertiary/aromatic N) is 1. The van der Waals surface area contributed by atoms with E-state index in [0.29, 0.717) is 27.1 Å². The topological polar surface area (TPSA) is 68.3 Å². The van der Waals surface area contributed by atoms with Gasteiger partial charge in [0.2, 0.25) is 11.8 Å². The number of thioether (sulfide) groups is 1. The molecule has 5 nitrogen and oxygen atoms in total. The predicted molar refractivity (Wildman–Crippen MR) is 144 cm³/mol. The van der Waals surface area contributed by atoms with E-state index in [1.807, 2.05) is 22.9 Å². The van der Waals surface area contributed by atoms with E-state index in [4.69, 9.17) is 21.3 Å². The fourth-order valence-electron chi connectivity index (χ4n) is 4.32. The molecule has 9 heteroatoms. The van der Waals surface area contributed by atoms with Crippen molar-refractivity contribution in [1.29, 1.82) is 0 Å². The van der Waals surface area contributed by atoms with Gasteiger partial charge in [0.25, 0.3) is 0 Å².